The molecule has 8 nitrogen and oxygen atoms in total. The smallest absolute Gasteiger partial charge is 0.387 e. The zero-order chi connectivity index (χ0) is 20.3. The maximum Gasteiger partial charge on any atom is 0.387 e. The van der Waals surface area contributed by atoms with E-state index in [1.54, 1.807) is 27.7 Å². The quantitative estimate of drug-likeness (QED) is 0.583. The molecule has 0 bridgehead atoms. The molecular weight excluding hydrogens is 362 g/mol. The van der Waals surface area contributed by atoms with Crippen molar-refractivity contribution < 1.29 is 23.2 Å². The Bertz CT molecular complexity index is 867. The number of nitro groups is 1. The number of anilines is 1. The first kappa shape index (κ1) is 20.3. The topological polar surface area (TPSA) is 99.3 Å². The molecule has 1 N–H and O–H groups in total. The second kappa shape index (κ2) is 8.11. The van der Waals surface area contributed by atoms with Gasteiger partial charge in [-0.2, -0.15) is 13.9 Å². The number of alkyl halides is 2. The van der Waals surface area contributed by atoms with Gasteiger partial charge in [-0.15, -0.1) is 0 Å². The van der Waals surface area contributed by atoms with Crippen molar-refractivity contribution in [2.75, 3.05) is 5.32 Å². The number of aromatic nitrogens is 2. The van der Waals surface area contributed by atoms with Crippen LogP contribution >= 0.6 is 0 Å². The Kier molecular flexibility index (Phi) is 6.09. The van der Waals surface area contributed by atoms with Gasteiger partial charge in [0.1, 0.15) is 17.1 Å². The predicted octanol–water partition coefficient (Wildman–Crippen LogP) is 3.59. The van der Waals surface area contributed by atoms with E-state index in [0.29, 0.717) is 16.9 Å². The summed E-state index contributed by atoms with van der Waals surface area (Å²) in [4.78, 5) is 23.0. The minimum Gasteiger partial charge on any atom is -0.435 e. The fourth-order valence-corrected chi connectivity index (χ4v) is 2.68. The number of halogens is 2. The maximum atomic E-state index is 12.4. The molecule has 0 aliphatic carbocycles. The highest BCUT2D eigenvalue weighted by Gasteiger charge is 2.24. The molecule has 0 radical (unpaired) electrons. The van der Waals surface area contributed by atoms with Crippen LogP contribution in [0.2, 0.25) is 0 Å². The van der Waals surface area contributed by atoms with Gasteiger partial charge in [-0.3, -0.25) is 19.6 Å². The van der Waals surface area contributed by atoms with Crippen molar-refractivity contribution in [3.63, 3.8) is 0 Å². The van der Waals surface area contributed by atoms with Crippen LogP contribution in [0, 0.1) is 36.8 Å². The van der Waals surface area contributed by atoms with Crippen LogP contribution in [-0.4, -0.2) is 27.2 Å². The van der Waals surface area contributed by atoms with E-state index in [2.05, 4.69) is 15.2 Å². The number of ether oxygens (including phenoxy) is 1. The van der Waals surface area contributed by atoms with Gasteiger partial charge in [-0.1, -0.05) is 6.92 Å². The summed E-state index contributed by atoms with van der Waals surface area (Å²) in [6.07, 6.45) is 0. The first-order valence-electron chi connectivity index (χ1n) is 8.14. The number of benzene rings is 1. The van der Waals surface area contributed by atoms with Gasteiger partial charge in [0.2, 0.25) is 5.91 Å². The third-order valence-corrected chi connectivity index (χ3v) is 4.10. The molecule has 0 spiro atoms. The van der Waals surface area contributed by atoms with Crippen molar-refractivity contribution in [1.29, 1.82) is 0 Å². The summed E-state index contributed by atoms with van der Waals surface area (Å²) in [6.45, 7) is 3.69. The van der Waals surface area contributed by atoms with Crippen molar-refractivity contribution >= 4 is 17.3 Å². The van der Waals surface area contributed by atoms with Gasteiger partial charge in [0.25, 0.3) is 0 Å². The molecule has 0 aliphatic heterocycles. The van der Waals surface area contributed by atoms with Crippen molar-refractivity contribution in [2.24, 2.45) is 5.92 Å². The van der Waals surface area contributed by atoms with E-state index in [4.69, 9.17) is 0 Å². The molecule has 10 heteroatoms. The first-order chi connectivity index (χ1) is 12.6. The van der Waals surface area contributed by atoms with Crippen LogP contribution in [-0.2, 0) is 11.3 Å². The van der Waals surface area contributed by atoms with Gasteiger partial charge in [0.05, 0.1) is 17.4 Å². The Morgan fingerprint density at radius 1 is 1.37 bits per heavy atom. The minimum atomic E-state index is -2.92. The van der Waals surface area contributed by atoms with Gasteiger partial charge >= 0.3 is 12.3 Å². The Balaban J connectivity index is 2.08. The number of hydrogen-bond acceptors (Lipinski definition) is 5. The van der Waals surface area contributed by atoms with Crippen molar-refractivity contribution in [1.82, 2.24) is 9.78 Å². The number of aryl methyl sites for hydroxylation is 2. The highest BCUT2D eigenvalue weighted by atomic mass is 19.3. The molecule has 1 amide bonds. The molecular formula is C17H20F2N4O4. The van der Waals surface area contributed by atoms with E-state index in [0.717, 1.165) is 0 Å². The lowest BCUT2D eigenvalue weighted by atomic mass is 10.1. The molecule has 1 heterocycles. The Morgan fingerprint density at radius 3 is 2.56 bits per heavy atom. The molecule has 0 saturated heterocycles. The van der Waals surface area contributed by atoms with Crippen LogP contribution < -0.4 is 10.1 Å². The SMILES string of the molecule is Cc1cc(OC(F)F)ccc1NC(=O)C(C)Cn1nc(C)c([N+](=O)[O-])c1C. The molecule has 146 valence electrons. The van der Waals surface area contributed by atoms with E-state index < -0.39 is 17.5 Å². The van der Waals surface area contributed by atoms with Gasteiger partial charge < -0.3 is 10.1 Å². The summed E-state index contributed by atoms with van der Waals surface area (Å²) in [5.74, 6) is -0.849. The average Bonchev–Trinajstić information content (AvgIpc) is 2.83. The zero-order valence-electron chi connectivity index (χ0n) is 15.3. The third-order valence-electron chi connectivity index (χ3n) is 4.10. The van der Waals surface area contributed by atoms with E-state index in [-0.39, 0.29) is 29.6 Å². The molecule has 2 aromatic rings. The van der Waals surface area contributed by atoms with Crippen LogP contribution in [0.1, 0.15) is 23.9 Å². The summed E-state index contributed by atoms with van der Waals surface area (Å²) >= 11 is 0. The van der Waals surface area contributed by atoms with Gasteiger partial charge in [-0.05, 0) is 44.5 Å². The molecule has 2 rings (SSSR count). The number of nitrogens with one attached hydrogen (secondary N) is 1. The first-order valence-corrected chi connectivity index (χ1v) is 8.14. The Morgan fingerprint density at radius 2 is 2.04 bits per heavy atom. The van der Waals surface area contributed by atoms with Crippen molar-refractivity contribution in [3.8, 4) is 5.75 Å². The second-order valence-electron chi connectivity index (χ2n) is 6.20. The number of hydrogen-bond donors (Lipinski definition) is 1. The van der Waals surface area contributed by atoms with Crippen LogP contribution in [0.15, 0.2) is 18.2 Å². The zero-order valence-corrected chi connectivity index (χ0v) is 15.3. The fourth-order valence-electron chi connectivity index (χ4n) is 2.68. The molecule has 1 aromatic carbocycles. The van der Waals surface area contributed by atoms with Gasteiger partial charge in [0.15, 0.2) is 0 Å². The number of nitrogens with zero attached hydrogens (tertiary/aromatic N) is 3. The molecule has 1 aromatic heterocycles. The van der Waals surface area contributed by atoms with Crippen molar-refractivity contribution in [2.45, 2.75) is 40.9 Å². The van der Waals surface area contributed by atoms with Gasteiger partial charge in [0, 0.05) is 5.69 Å². The fraction of sp³-hybridized carbons (Fsp3) is 0.412. The highest BCUT2D eigenvalue weighted by Crippen LogP contribution is 2.25. The third kappa shape index (κ3) is 4.78. The molecule has 0 aliphatic rings. The van der Waals surface area contributed by atoms with E-state index in [1.165, 1.54) is 22.9 Å². The lowest BCUT2D eigenvalue weighted by Crippen LogP contribution is -2.25. The number of amides is 1. The molecule has 1 unspecified atom stereocenters. The Labute approximate surface area is 154 Å². The van der Waals surface area contributed by atoms with E-state index >= 15 is 0 Å². The summed E-state index contributed by atoms with van der Waals surface area (Å²) in [6, 6.07) is 4.21. The minimum absolute atomic E-state index is 0.00324. The molecule has 1 atom stereocenters. The largest absolute Gasteiger partial charge is 0.435 e. The van der Waals surface area contributed by atoms with Crippen LogP contribution in [0.25, 0.3) is 0 Å². The normalized spacial score (nSPS) is 12.1. The second-order valence-corrected chi connectivity index (χ2v) is 6.20. The summed E-state index contributed by atoms with van der Waals surface area (Å²) in [5, 5.41) is 17.9. The van der Waals surface area contributed by atoms with Gasteiger partial charge in [-0.25, -0.2) is 0 Å². The summed E-state index contributed by atoms with van der Waals surface area (Å²) in [7, 11) is 0. The monoisotopic (exact) mass is 382 g/mol. The van der Waals surface area contributed by atoms with Crippen LogP contribution in [0.3, 0.4) is 0 Å². The van der Waals surface area contributed by atoms with Crippen LogP contribution in [0.4, 0.5) is 20.2 Å². The number of carbonyl (C=O) groups excluding carboxylic acids is 1. The molecule has 27 heavy (non-hydrogen) atoms. The standard InChI is InChI=1S/C17H20F2N4O4/c1-9-7-13(27-17(18)19)5-6-14(9)20-16(24)10(2)8-22-12(4)15(23(25)26)11(3)21-22/h5-7,10,17H,8H2,1-4H3,(H,20,24). The lowest BCUT2D eigenvalue weighted by molar-refractivity contribution is -0.386. The molecule has 0 saturated carbocycles. The van der Waals surface area contributed by atoms with E-state index in [9.17, 15) is 23.7 Å². The average molecular weight is 382 g/mol. The Hall–Kier alpha value is -3.04. The number of carbonyl (C=O) groups is 1. The molecule has 0 fully saturated rings. The maximum absolute atomic E-state index is 12.4. The summed E-state index contributed by atoms with van der Waals surface area (Å²) in [5.41, 5.74) is 1.63. The summed E-state index contributed by atoms with van der Waals surface area (Å²) < 4.78 is 30.2. The van der Waals surface area contributed by atoms with Crippen molar-refractivity contribution in [3.05, 3.63) is 45.3 Å². The van der Waals surface area contributed by atoms with E-state index in [1.807, 2.05) is 0 Å². The highest BCUT2D eigenvalue weighted by molar-refractivity contribution is 5.93. The lowest BCUT2D eigenvalue weighted by Gasteiger charge is -2.15. The van der Waals surface area contributed by atoms with Crippen LogP contribution in [0.5, 0.6) is 5.75 Å². The predicted molar refractivity (Wildman–Crippen MR) is 94.0 cm³/mol. The number of rotatable bonds is 7.